The monoisotopic (exact) mass is 259 g/mol. The Morgan fingerprint density at radius 2 is 1.79 bits per heavy atom. The van der Waals surface area contributed by atoms with Crippen LogP contribution in [0.4, 0.5) is 0 Å². The molecule has 1 N–H and O–H groups in total. The van der Waals surface area contributed by atoms with Crippen molar-refractivity contribution in [1.29, 1.82) is 0 Å². The van der Waals surface area contributed by atoms with Gasteiger partial charge in [-0.05, 0) is 25.3 Å². The molecular weight excluding hydrogens is 238 g/mol. The minimum Gasteiger partial charge on any atom is -0.355 e. The van der Waals surface area contributed by atoms with Crippen LogP contribution in [0.5, 0.6) is 0 Å². The van der Waals surface area contributed by atoms with Crippen molar-refractivity contribution in [2.45, 2.75) is 44.4 Å². The van der Waals surface area contributed by atoms with E-state index >= 15 is 0 Å². The Morgan fingerprint density at radius 3 is 2.37 bits per heavy atom. The second-order valence-corrected chi connectivity index (χ2v) is 5.51. The fourth-order valence-corrected chi connectivity index (χ4v) is 2.97. The maximum atomic E-state index is 11.7. The van der Waals surface area contributed by atoms with Gasteiger partial charge >= 0.3 is 0 Å². The lowest BCUT2D eigenvalue weighted by molar-refractivity contribution is -0.127. The highest BCUT2D eigenvalue weighted by molar-refractivity contribution is 5.96. The van der Waals surface area contributed by atoms with Gasteiger partial charge < -0.3 is 5.32 Å². The number of hydrogen-bond acceptors (Lipinski definition) is 2. The molecule has 0 unspecified atom stereocenters. The Labute approximate surface area is 114 Å². The Balaban J connectivity index is 2.05. The van der Waals surface area contributed by atoms with E-state index in [0.29, 0.717) is 6.54 Å². The van der Waals surface area contributed by atoms with Crippen molar-refractivity contribution in [2.24, 2.45) is 0 Å². The summed E-state index contributed by atoms with van der Waals surface area (Å²) in [5, 5.41) is 2.94. The minimum atomic E-state index is -0.158. The van der Waals surface area contributed by atoms with Gasteiger partial charge in [-0.2, -0.15) is 0 Å². The third kappa shape index (κ3) is 3.43. The summed E-state index contributed by atoms with van der Waals surface area (Å²) in [5.74, 6) is -0.243. The fourth-order valence-electron chi connectivity index (χ4n) is 2.97. The highest BCUT2D eigenvalue weighted by Crippen LogP contribution is 2.40. The van der Waals surface area contributed by atoms with E-state index in [-0.39, 0.29) is 23.5 Å². The zero-order valence-electron chi connectivity index (χ0n) is 11.4. The fraction of sp³-hybridized carbons (Fsp3) is 0.500. The van der Waals surface area contributed by atoms with E-state index in [2.05, 4.69) is 17.4 Å². The molecule has 1 fully saturated rings. The SMILES string of the molecule is CC(=O)CC(=O)NCC1(c2ccccc2)CCCC1. The molecule has 0 atom stereocenters. The van der Waals surface area contributed by atoms with E-state index in [1.165, 1.54) is 25.3 Å². The lowest BCUT2D eigenvalue weighted by Gasteiger charge is -2.30. The van der Waals surface area contributed by atoms with Gasteiger partial charge in [0, 0.05) is 12.0 Å². The highest BCUT2D eigenvalue weighted by Gasteiger charge is 2.35. The molecule has 0 spiro atoms. The van der Waals surface area contributed by atoms with E-state index in [1.807, 2.05) is 18.2 Å². The smallest absolute Gasteiger partial charge is 0.227 e. The van der Waals surface area contributed by atoms with Crippen LogP contribution in [0.3, 0.4) is 0 Å². The van der Waals surface area contributed by atoms with Crippen LogP contribution in [-0.4, -0.2) is 18.2 Å². The molecule has 1 aliphatic rings. The third-order valence-electron chi connectivity index (χ3n) is 3.98. The van der Waals surface area contributed by atoms with Gasteiger partial charge in [0.25, 0.3) is 0 Å². The lowest BCUT2D eigenvalue weighted by Crippen LogP contribution is -2.39. The zero-order valence-corrected chi connectivity index (χ0v) is 11.4. The number of nitrogens with one attached hydrogen (secondary N) is 1. The maximum Gasteiger partial charge on any atom is 0.227 e. The molecule has 0 saturated heterocycles. The molecule has 3 nitrogen and oxygen atoms in total. The summed E-state index contributed by atoms with van der Waals surface area (Å²) >= 11 is 0. The van der Waals surface area contributed by atoms with Crippen LogP contribution >= 0.6 is 0 Å². The van der Waals surface area contributed by atoms with Gasteiger partial charge in [-0.15, -0.1) is 0 Å². The van der Waals surface area contributed by atoms with Crippen molar-refractivity contribution in [3.8, 4) is 0 Å². The summed E-state index contributed by atoms with van der Waals surface area (Å²) in [4.78, 5) is 22.6. The number of benzene rings is 1. The molecule has 102 valence electrons. The molecule has 1 aliphatic carbocycles. The van der Waals surface area contributed by atoms with Gasteiger partial charge in [0.1, 0.15) is 5.78 Å². The van der Waals surface area contributed by atoms with Gasteiger partial charge in [-0.1, -0.05) is 43.2 Å². The predicted octanol–water partition coefficient (Wildman–Crippen LogP) is 2.59. The van der Waals surface area contributed by atoms with Crippen molar-refractivity contribution in [1.82, 2.24) is 5.32 Å². The Bertz CT molecular complexity index is 447. The number of amides is 1. The van der Waals surface area contributed by atoms with E-state index in [1.54, 1.807) is 0 Å². The number of ketones is 1. The molecule has 0 radical (unpaired) electrons. The van der Waals surface area contributed by atoms with Gasteiger partial charge in [0.15, 0.2) is 0 Å². The molecule has 1 aromatic carbocycles. The van der Waals surface area contributed by atoms with Gasteiger partial charge in [-0.3, -0.25) is 9.59 Å². The summed E-state index contributed by atoms with van der Waals surface area (Å²) in [7, 11) is 0. The number of hydrogen-bond donors (Lipinski definition) is 1. The molecule has 3 heteroatoms. The summed E-state index contributed by atoms with van der Waals surface area (Å²) < 4.78 is 0. The molecule has 1 amide bonds. The second-order valence-electron chi connectivity index (χ2n) is 5.51. The summed E-state index contributed by atoms with van der Waals surface area (Å²) in [6, 6.07) is 10.4. The molecule has 0 bridgehead atoms. The first-order chi connectivity index (χ1) is 9.12. The van der Waals surface area contributed by atoms with Crippen LogP contribution in [0.15, 0.2) is 30.3 Å². The molecule has 1 aromatic rings. The molecule has 2 rings (SSSR count). The Morgan fingerprint density at radius 1 is 1.16 bits per heavy atom. The van der Waals surface area contributed by atoms with Crippen LogP contribution in [0.1, 0.15) is 44.6 Å². The number of rotatable bonds is 5. The molecule has 0 aromatic heterocycles. The van der Waals surface area contributed by atoms with Crippen LogP contribution in [0.25, 0.3) is 0 Å². The third-order valence-corrected chi connectivity index (χ3v) is 3.98. The predicted molar refractivity (Wildman–Crippen MR) is 74.9 cm³/mol. The van der Waals surface area contributed by atoms with Gasteiger partial charge in [0.2, 0.25) is 5.91 Å². The summed E-state index contributed by atoms with van der Waals surface area (Å²) in [5.41, 5.74) is 1.36. The van der Waals surface area contributed by atoms with E-state index in [9.17, 15) is 9.59 Å². The van der Waals surface area contributed by atoms with Crippen LogP contribution in [-0.2, 0) is 15.0 Å². The molecule has 1 saturated carbocycles. The lowest BCUT2D eigenvalue weighted by atomic mass is 9.79. The Hall–Kier alpha value is -1.64. The van der Waals surface area contributed by atoms with E-state index in [0.717, 1.165) is 12.8 Å². The standard InChI is InChI=1S/C16H21NO2/c1-13(18)11-15(19)17-12-16(9-5-6-10-16)14-7-3-2-4-8-14/h2-4,7-8H,5-6,9-12H2,1H3,(H,17,19). The molecular formula is C16H21NO2. The number of carbonyl (C=O) groups is 2. The number of carbonyl (C=O) groups excluding carboxylic acids is 2. The van der Waals surface area contributed by atoms with Crippen LogP contribution in [0, 0.1) is 0 Å². The van der Waals surface area contributed by atoms with Crippen molar-refractivity contribution >= 4 is 11.7 Å². The quantitative estimate of drug-likeness (QED) is 0.826. The van der Waals surface area contributed by atoms with Crippen molar-refractivity contribution in [3.63, 3.8) is 0 Å². The summed E-state index contributed by atoms with van der Waals surface area (Å²) in [6.45, 7) is 2.09. The van der Waals surface area contributed by atoms with E-state index < -0.39 is 0 Å². The van der Waals surface area contributed by atoms with Crippen LogP contribution < -0.4 is 5.32 Å². The topological polar surface area (TPSA) is 46.2 Å². The average molecular weight is 259 g/mol. The maximum absolute atomic E-state index is 11.7. The number of Topliss-reactive ketones (excluding diaryl/α,β-unsaturated/α-hetero) is 1. The van der Waals surface area contributed by atoms with Crippen molar-refractivity contribution in [2.75, 3.05) is 6.54 Å². The van der Waals surface area contributed by atoms with Crippen molar-refractivity contribution in [3.05, 3.63) is 35.9 Å². The Kier molecular flexibility index (Phi) is 4.35. The van der Waals surface area contributed by atoms with Gasteiger partial charge in [-0.25, -0.2) is 0 Å². The zero-order chi connectivity index (χ0) is 13.7. The van der Waals surface area contributed by atoms with Crippen molar-refractivity contribution < 1.29 is 9.59 Å². The second kappa shape index (κ2) is 6.00. The average Bonchev–Trinajstić information content (AvgIpc) is 2.87. The molecule has 19 heavy (non-hydrogen) atoms. The first-order valence-electron chi connectivity index (χ1n) is 6.94. The first kappa shape index (κ1) is 13.8. The molecule has 0 heterocycles. The molecule has 0 aliphatic heterocycles. The summed E-state index contributed by atoms with van der Waals surface area (Å²) in [6.07, 6.45) is 4.62. The largest absolute Gasteiger partial charge is 0.355 e. The normalized spacial score (nSPS) is 17.1. The van der Waals surface area contributed by atoms with E-state index in [4.69, 9.17) is 0 Å². The van der Waals surface area contributed by atoms with Gasteiger partial charge in [0.05, 0.1) is 6.42 Å². The highest BCUT2D eigenvalue weighted by atomic mass is 16.2. The minimum absolute atomic E-state index is 0.00906. The van der Waals surface area contributed by atoms with Crippen LogP contribution in [0.2, 0.25) is 0 Å². The first-order valence-corrected chi connectivity index (χ1v) is 6.94.